The molecule has 5 nitrogen and oxygen atoms in total. The van der Waals surface area contributed by atoms with E-state index in [9.17, 15) is 4.79 Å². The summed E-state index contributed by atoms with van der Waals surface area (Å²) in [6, 6.07) is 17.7. The molecule has 28 heavy (non-hydrogen) atoms. The third kappa shape index (κ3) is 4.14. The largest absolute Gasteiger partial charge is 0.366 e. The Morgan fingerprint density at radius 3 is 2.32 bits per heavy atom. The topological polar surface area (TPSA) is 41.4 Å². The first-order valence-electron chi connectivity index (χ1n) is 9.17. The van der Waals surface area contributed by atoms with Gasteiger partial charge >= 0.3 is 0 Å². The fourth-order valence-corrected chi connectivity index (χ4v) is 3.91. The Morgan fingerprint density at radius 2 is 1.64 bits per heavy atom. The van der Waals surface area contributed by atoms with Crippen molar-refractivity contribution in [3.05, 3.63) is 86.2 Å². The maximum atomic E-state index is 12.7. The monoisotopic (exact) mass is 458 g/mol. The second-order valence-electron chi connectivity index (χ2n) is 6.79. The van der Waals surface area contributed by atoms with Gasteiger partial charge in [-0.05, 0) is 29.8 Å². The molecular formula is C21H20BrClN4O. The summed E-state index contributed by atoms with van der Waals surface area (Å²) in [6.45, 7) is 4.37. The Morgan fingerprint density at radius 1 is 0.964 bits per heavy atom. The molecule has 0 amide bonds. The standard InChI is InChI=1S/C21H20BrClN4O/c22-17-8-6-16(7-9-17)15-25-10-12-26(13-11-25)19-14-24-27(21(28)20(19)23)18-4-2-1-3-5-18/h1-9,14H,10-13,15H2. The van der Waals surface area contributed by atoms with E-state index in [0.717, 1.165) is 37.2 Å². The summed E-state index contributed by atoms with van der Waals surface area (Å²) in [4.78, 5) is 17.2. The van der Waals surface area contributed by atoms with E-state index in [1.807, 2.05) is 30.3 Å². The summed E-state index contributed by atoms with van der Waals surface area (Å²) in [5, 5.41) is 4.56. The normalized spacial score (nSPS) is 15.0. The molecule has 0 saturated carbocycles. The van der Waals surface area contributed by atoms with Gasteiger partial charge in [0.1, 0.15) is 5.02 Å². The molecule has 2 aromatic carbocycles. The van der Waals surface area contributed by atoms with E-state index in [-0.39, 0.29) is 10.6 Å². The Hall–Kier alpha value is -2.15. The number of benzene rings is 2. The lowest BCUT2D eigenvalue weighted by Crippen LogP contribution is -2.46. The number of hydrogen-bond donors (Lipinski definition) is 0. The molecule has 0 radical (unpaired) electrons. The van der Waals surface area contributed by atoms with E-state index in [4.69, 9.17) is 11.6 Å². The third-order valence-corrected chi connectivity index (χ3v) is 5.82. The first-order chi connectivity index (χ1) is 13.6. The summed E-state index contributed by atoms with van der Waals surface area (Å²) in [5.74, 6) is 0. The summed E-state index contributed by atoms with van der Waals surface area (Å²) in [5.41, 5.74) is 2.42. The highest BCUT2D eigenvalue weighted by Crippen LogP contribution is 2.23. The van der Waals surface area contributed by atoms with Crippen molar-refractivity contribution in [2.24, 2.45) is 0 Å². The quantitative estimate of drug-likeness (QED) is 0.592. The number of halogens is 2. The molecule has 1 saturated heterocycles. The smallest absolute Gasteiger partial charge is 0.292 e. The molecule has 4 rings (SSSR count). The molecule has 0 N–H and O–H groups in total. The van der Waals surface area contributed by atoms with Crippen molar-refractivity contribution in [3.8, 4) is 5.69 Å². The van der Waals surface area contributed by atoms with Crippen LogP contribution in [0, 0.1) is 0 Å². The van der Waals surface area contributed by atoms with Crippen LogP contribution in [0.1, 0.15) is 5.56 Å². The number of rotatable bonds is 4. The summed E-state index contributed by atoms with van der Waals surface area (Å²) >= 11 is 9.90. The maximum Gasteiger partial charge on any atom is 0.292 e. The lowest BCUT2D eigenvalue weighted by molar-refractivity contribution is 0.250. The molecular weight excluding hydrogens is 440 g/mol. The molecule has 3 aromatic rings. The zero-order chi connectivity index (χ0) is 19.5. The van der Waals surface area contributed by atoms with Gasteiger partial charge in [0.2, 0.25) is 0 Å². The highest BCUT2D eigenvalue weighted by atomic mass is 79.9. The molecule has 1 aliphatic rings. The van der Waals surface area contributed by atoms with Crippen LogP contribution < -0.4 is 10.5 Å². The minimum absolute atomic E-state index is 0.222. The lowest BCUT2D eigenvalue weighted by atomic mass is 10.2. The average molecular weight is 460 g/mol. The minimum Gasteiger partial charge on any atom is -0.366 e. The van der Waals surface area contributed by atoms with Gasteiger partial charge in [0.15, 0.2) is 0 Å². The van der Waals surface area contributed by atoms with E-state index >= 15 is 0 Å². The number of hydrogen-bond acceptors (Lipinski definition) is 4. The molecule has 1 aliphatic heterocycles. The first-order valence-corrected chi connectivity index (χ1v) is 10.3. The van der Waals surface area contributed by atoms with Crippen LogP contribution in [0.3, 0.4) is 0 Å². The fourth-order valence-electron chi connectivity index (χ4n) is 3.39. The van der Waals surface area contributed by atoms with Crippen LogP contribution >= 0.6 is 27.5 Å². The molecule has 144 valence electrons. The molecule has 0 aliphatic carbocycles. The maximum absolute atomic E-state index is 12.7. The minimum atomic E-state index is -0.289. The highest BCUT2D eigenvalue weighted by Gasteiger charge is 2.21. The van der Waals surface area contributed by atoms with Gasteiger partial charge in [-0.15, -0.1) is 0 Å². The van der Waals surface area contributed by atoms with Crippen molar-refractivity contribution in [2.45, 2.75) is 6.54 Å². The van der Waals surface area contributed by atoms with Crippen LogP contribution in [0.4, 0.5) is 5.69 Å². The van der Waals surface area contributed by atoms with Gasteiger partial charge in [-0.3, -0.25) is 9.69 Å². The van der Waals surface area contributed by atoms with Crippen LogP contribution in [0.2, 0.25) is 5.02 Å². The van der Waals surface area contributed by atoms with Gasteiger partial charge in [0.05, 0.1) is 17.6 Å². The van der Waals surface area contributed by atoms with E-state index in [0.29, 0.717) is 11.4 Å². The van der Waals surface area contributed by atoms with Gasteiger partial charge in [-0.1, -0.05) is 57.9 Å². The van der Waals surface area contributed by atoms with E-state index in [1.165, 1.54) is 10.2 Å². The first kappa shape index (κ1) is 19.2. The SMILES string of the molecule is O=c1c(Cl)c(N2CCN(Cc3ccc(Br)cc3)CC2)cnn1-c1ccccc1. The van der Waals surface area contributed by atoms with Crippen molar-refractivity contribution in [2.75, 3.05) is 31.1 Å². The van der Waals surface area contributed by atoms with Gasteiger partial charge < -0.3 is 4.90 Å². The Labute approximate surface area is 177 Å². The molecule has 0 bridgehead atoms. The summed E-state index contributed by atoms with van der Waals surface area (Å²) < 4.78 is 2.43. The zero-order valence-corrected chi connectivity index (χ0v) is 17.6. The van der Waals surface area contributed by atoms with Crippen LogP contribution in [0.15, 0.2) is 70.1 Å². The number of nitrogens with zero attached hydrogens (tertiary/aromatic N) is 4. The Bertz CT molecular complexity index is 999. The summed E-state index contributed by atoms with van der Waals surface area (Å²) in [7, 11) is 0. The Balaban J connectivity index is 1.45. The molecule has 1 fully saturated rings. The van der Waals surface area contributed by atoms with Gasteiger partial charge in [0, 0.05) is 37.2 Å². The predicted octanol–water partition coefficient (Wildman–Crippen LogP) is 3.97. The van der Waals surface area contributed by atoms with Crippen LogP contribution in [-0.2, 0) is 6.54 Å². The molecule has 2 heterocycles. The fraction of sp³-hybridized carbons (Fsp3) is 0.238. The third-order valence-electron chi connectivity index (χ3n) is 4.93. The molecule has 0 unspecified atom stereocenters. The number of para-hydroxylation sites is 1. The van der Waals surface area contributed by atoms with Crippen LogP contribution in [-0.4, -0.2) is 40.9 Å². The number of anilines is 1. The zero-order valence-electron chi connectivity index (χ0n) is 15.3. The van der Waals surface area contributed by atoms with Crippen LogP contribution in [0.25, 0.3) is 5.69 Å². The van der Waals surface area contributed by atoms with Crippen molar-refractivity contribution in [1.29, 1.82) is 0 Å². The second kappa shape index (κ2) is 8.47. The number of aromatic nitrogens is 2. The van der Waals surface area contributed by atoms with Crippen LogP contribution in [0.5, 0.6) is 0 Å². The van der Waals surface area contributed by atoms with Gasteiger partial charge in [-0.2, -0.15) is 9.78 Å². The molecule has 7 heteroatoms. The van der Waals surface area contributed by atoms with E-state index < -0.39 is 0 Å². The Kier molecular flexibility index (Phi) is 5.80. The second-order valence-corrected chi connectivity index (χ2v) is 8.08. The van der Waals surface area contributed by atoms with E-state index in [1.54, 1.807) is 6.20 Å². The van der Waals surface area contributed by atoms with Crippen molar-refractivity contribution < 1.29 is 0 Å². The molecule has 0 spiro atoms. The van der Waals surface area contributed by atoms with Gasteiger partial charge in [-0.25, -0.2) is 0 Å². The predicted molar refractivity (Wildman–Crippen MR) is 116 cm³/mol. The molecule has 0 atom stereocenters. The summed E-state index contributed by atoms with van der Waals surface area (Å²) in [6.07, 6.45) is 1.70. The lowest BCUT2D eigenvalue weighted by Gasteiger charge is -2.36. The van der Waals surface area contributed by atoms with Crippen molar-refractivity contribution in [1.82, 2.24) is 14.7 Å². The highest BCUT2D eigenvalue weighted by molar-refractivity contribution is 9.10. The van der Waals surface area contributed by atoms with E-state index in [2.05, 4.69) is 55.1 Å². The number of piperazine rings is 1. The van der Waals surface area contributed by atoms with Crippen molar-refractivity contribution in [3.63, 3.8) is 0 Å². The molecule has 1 aromatic heterocycles. The average Bonchev–Trinajstić information content (AvgIpc) is 2.73. The van der Waals surface area contributed by atoms with Crippen molar-refractivity contribution >= 4 is 33.2 Å². The van der Waals surface area contributed by atoms with Gasteiger partial charge in [0.25, 0.3) is 5.56 Å².